The van der Waals surface area contributed by atoms with Crippen LogP contribution < -0.4 is 15.8 Å². The van der Waals surface area contributed by atoms with Gasteiger partial charge in [-0.25, -0.2) is 5.32 Å². The summed E-state index contributed by atoms with van der Waals surface area (Å²) >= 11 is 5.30. The Kier molecular flexibility index (Phi) is 4.92. The summed E-state index contributed by atoms with van der Waals surface area (Å²) in [7, 11) is 0. The molecule has 2 heterocycles. The maximum atomic E-state index is 9.79. The van der Waals surface area contributed by atoms with E-state index in [0.29, 0.717) is 24.0 Å². The van der Waals surface area contributed by atoms with Crippen molar-refractivity contribution >= 4 is 29.7 Å². The van der Waals surface area contributed by atoms with Crippen LogP contribution in [0.25, 0.3) is 0 Å². The van der Waals surface area contributed by atoms with E-state index in [1.165, 1.54) is 0 Å². The van der Waals surface area contributed by atoms with Gasteiger partial charge in [-0.1, -0.05) is 12.1 Å². The Labute approximate surface area is 135 Å². The van der Waals surface area contributed by atoms with Gasteiger partial charge in [0.25, 0.3) is 0 Å². The van der Waals surface area contributed by atoms with Crippen LogP contribution in [0.15, 0.2) is 30.1 Å². The fraction of sp³-hybridized carbons (Fsp3) is 0.357. The van der Waals surface area contributed by atoms with E-state index in [-0.39, 0.29) is 24.2 Å². The minimum atomic E-state index is 0. The number of para-hydroxylation sites is 1. The van der Waals surface area contributed by atoms with Crippen LogP contribution in [0, 0.1) is 0 Å². The fourth-order valence-electron chi connectivity index (χ4n) is 2.66. The SMILES string of the molecule is Cl.NCCC1=C[N]C(=S)N1[C@H]1COc2c(O)cccc2C1. The molecule has 3 rings (SSSR count). The largest absolute Gasteiger partial charge is 0.504 e. The summed E-state index contributed by atoms with van der Waals surface area (Å²) in [6.45, 7) is 1.04. The highest BCUT2D eigenvalue weighted by Crippen LogP contribution is 2.36. The first-order chi connectivity index (χ1) is 9.70. The van der Waals surface area contributed by atoms with E-state index < -0.39 is 0 Å². The molecule has 0 spiro atoms. The zero-order chi connectivity index (χ0) is 14.1. The van der Waals surface area contributed by atoms with Gasteiger partial charge in [-0.2, -0.15) is 0 Å². The molecular weight excluding hydrogens is 310 g/mol. The Bertz CT molecular complexity index is 579. The molecule has 0 unspecified atom stereocenters. The van der Waals surface area contributed by atoms with Crippen molar-refractivity contribution in [3.05, 3.63) is 35.7 Å². The number of ether oxygens (including phenoxy) is 1. The van der Waals surface area contributed by atoms with Gasteiger partial charge in [-0.05, 0) is 24.8 Å². The first kappa shape index (κ1) is 15.9. The van der Waals surface area contributed by atoms with E-state index in [1.807, 2.05) is 17.0 Å². The van der Waals surface area contributed by atoms with Gasteiger partial charge >= 0.3 is 0 Å². The van der Waals surface area contributed by atoms with Gasteiger partial charge in [0.1, 0.15) is 6.61 Å². The Balaban J connectivity index is 0.00000161. The van der Waals surface area contributed by atoms with Crippen LogP contribution in [-0.2, 0) is 6.42 Å². The minimum absolute atomic E-state index is 0. The molecule has 0 fully saturated rings. The number of nitrogens with two attached hydrogens (primary N) is 1. The summed E-state index contributed by atoms with van der Waals surface area (Å²) in [5.41, 5.74) is 7.65. The number of benzene rings is 1. The van der Waals surface area contributed by atoms with Crippen molar-refractivity contribution in [2.75, 3.05) is 13.2 Å². The third kappa shape index (κ3) is 2.92. The monoisotopic (exact) mass is 326 g/mol. The normalized spacial score (nSPS) is 20.0. The molecule has 1 aromatic carbocycles. The van der Waals surface area contributed by atoms with Crippen molar-refractivity contribution in [1.29, 1.82) is 0 Å². The topological polar surface area (TPSA) is 72.8 Å². The Morgan fingerprint density at radius 2 is 2.29 bits per heavy atom. The molecule has 3 N–H and O–H groups in total. The predicted octanol–water partition coefficient (Wildman–Crippen LogP) is 1.51. The number of phenols is 1. The lowest BCUT2D eigenvalue weighted by Crippen LogP contribution is -2.44. The van der Waals surface area contributed by atoms with Crippen LogP contribution in [0.1, 0.15) is 12.0 Å². The molecular formula is C14H17ClN3O2S. The van der Waals surface area contributed by atoms with Crippen molar-refractivity contribution < 1.29 is 9.84 Å². The maximum absolute atomic E-state index is 9.79. The van der Waals surface area contributed by atoms with E-state index >= 15 is 0 Å². The molecule has 1 atom stereocenters. The number of aromatic hydroxyl groups is 1. The maximum Gasteiger partial charge on any atom is 0.200 e. The number of nitrogens with zero attached hydrogens (tertiary/aromatic N) is 2. The van der Waals surface area contributed by atoms with Gasteiger partial charge in [-0.15, -0.1) is 12.4 Å². The van der Waals surface area contributed by atoms with Gasteiger partial charge < -0.3 is 20.5 Å². The van der Waals surface area contributed by atoms with Gasteiger partial charge in [0.2, 0.25) is 0 Å². The molecule has 2 aliphatic rings. The molecule has 7 heteroatoms. The molecule has 5 nitrogen and oxygen atoms in total. The number of fused-ring (bicyclic) bond motifs is 1. The Hall–Kier alpha value is -1.50. The first-order valence-corrected chi connectivity index (χ1v) is 6.98. The van der Waals surface area contributed by atoms with Crippen molar-refractivity contribution in [3.63, 3.8) is 0 Å². The van der Waals surface area contributed by atoms with Crippen molar-refractivity contribution in [1.82, 2.24) is 10.2 Å². The number of halogens is 1. The zero-order valence-electron chi connectivity index (χ0n) is 11.4. The zero-order valence-corrected chi connectivity index (χ0v) is 13.0. The second-order valence-electron chi connectivity index (χ2n) is 4.88. The van der Waals surface area contributed by atoms with Crippen LogP contribution >= 0.6 is 24.6 Å². The highest BCUT2D eigenvalue weighted by molar-refractivity contribution is 7.80. The van der Waals surface area contributed by atoms with Crippen molar-refractivity contribution in [2.24, 2.45) is 5.73 Å². The van der Waals surface area contributed by atoms with Gasteiger partial charge in [-0.3, -0.25) is 0 Å². The van der Waals surface area contributed by atoms with E-state index in [1.54, 1.807) is 12.3 Å². The number of hydrogen-bond donors (Lipinski definition) is 2. The lowest BCUT2D eigenvalue weighted by molar-refractivity contribution is 0.190. The van der Waals surface area contributed by atoms with Crippen LogP contribution in [0.2, 0.25) is 0 Å². The third-order valence-corrected chi connectivity index (χ3v) is 3.86. The quantitative estimate of drug-likeness (QED) is 0.824. The van der Waals surface area contributed by atoms with E-state index in [2.05, 4.69) is 5.32 Å². The number of hydrogen-bond acceptors (Lipinski definition) is 4. The number of thiocarbonyl (C=S) groups is 1. The second-order valence-corrected chi connectivity index (χ2v) is 5.24. The highest BCUT2D eigenvalue weighted by atomic mass is 35.5. The number of phenolic OH excluding ortho intramolecular Hbond substituents is 1. The van der Waals surface area contributed by atoms with E-state index in [4.69, 9.17) is 22.7 Å². The summed E-state index contributed by atoms with van der Waals surface area (Å²) in [6.07, 6.45) is 3.29. The molecule has 0 saturated carbocycles. The van der Waals surface area contributed by atoms with Crippen LogP contribution in [0.3, 0.4) is 0 Å². The van der Waals surface area contributed by atoms with Gasteiger partial charge in [0.05, 0.1) is 6.04 Å². The van der Waals surface area contributed by atoms with Crippen LogP contribution in [-0.4, -0.2) is 34.3 Å². The molecule has 0 bridgehead atoms. The molecule has 0 aliphatic carbocycles. The molecule has 0 saturated heterocycles. The predicted molar refractivity (Wildman–Crippen MR) is 86.7 cm³/mol. The van der Waals surface area contributed by atoms with Crippen LogP contribution in [0.5, 0.6) is 11.5 Å². The molecule has 2 aliphatic heterocycles. The average molecular weight is 327 g/mol. The summed E-state index contributed by atoms with van der Waals surface area (Å²) in [5, 5.41) is 14.5. The molecule has 21 heavy (non-hydrogen) atoms. The van der Waals surface area contributed by atoms with Gasteiger partial charge in [0.15, 0.2) is 16.6 Å². The standard InChI is InChI=1S/C14H16N3O2S.ClH/c15-5-4-10-7-16-14(20)17(10)11-6-9-2-1-3-12(18)13(9)19-8-11;/h1-3,7,11,18H,4-6,8,15H2;1H/t11-;/m1./s1. The number of rotatable bonds is 3. The Morgan fingerprint density at radius 1 is 1.48 bits per heavy atom. The minimum Gasteiger partial charge on any atom is -0.504 e. The Morgan fingerprint density at radius 3 is 3.05 bits per heavy atom. The lowest BCUT2D eigenvalue weighted by Gasteiger charge is -2.34. The molecule has 113 valence electrons. The second kappa shape index (κ2) is 6.51. The van der Waals surface area contributed by atoms with Gasteiger partial charge in [0, 0.05) is 30.3 Å². The van der Waals surface area contributed by atoms with Crippen molar-refractivity contribution in [2.45, 2.75) is 18.9 Å². The molecule has 0 aromatic heterocycles. The van der Waals surface area contributed by atoms with Crippen LogP contribution in [0.4, 0.5) is 0 Å². The summed E-state index contributed by atoms with van der Waals surface area (Å²) < 4.78 is 5.70. The third-order valence-electron chi connectivity index (χ3n) is 3.56. The highest BCUT2D eigenvalue weighted by Gasteiger charge is 2.33. The molecule has 1 radical (unpaired) electrons. The summed E-state index contributed by atoms with van der Waals surface area (Å²) in [6, 6.07) is 5.52. The van der Waals surface area contributed by atoms with E-state index in [9.17, 15) is 5.11 Å². The molecule has 0 amide bonds. The van der Waals surface area contributed by atoms with E-state index in [0.717, 1.165) is 24.1 Å². The van der Waals surface area contributed by atoms with Crippen molar-refractivity contribution in [3.8, 4) is 11.5 Å². The smallest absolute Gasteiger partial charge is 0.200 e. The first-order valence-electron chi connectivity index (χ1n) is 6.57. The average Bonchev–Trinajstić information content (AvgIpc) is 2.80. The summed E-state index contributed by atoms with van der Waals surface area (Å²) in [5.74, 6) is 0.766. The summed E-state index contributed by atoms with van der Waals surface area (Å²) in [4.78, 5) is 2.02. The molecule has 1 aromatic rings. The fourth-order valence-corrected chi connectivity index (χ4v) is 2.98. The lowest BCUT2D eigenvalue weighted by atomic mass is 10.0.